The Labute approximate surface area is 113 Å². The van der Waals surface area contributed by atoms with Gasteiger partial charge in [-0.3, -0.25) is 9.52 Å². The molecule has 0 amide bonds. The topological polar surface area (TPSA) is 66.5 Å². The molecule has 0 heterocycles. The molecule has 0 radical (unpaired) electrons. The molecule has 1 aromatic rings. The molecular formula is C10H12BrFN2O3S. The van der Waals surface area contributed by atoms with Crippen LogP contribution < -0.4 is 4.72 Å². The van der Waals surface area contributed by atoms with Gasteiger partial charge in [-0.15, -0.1) is 0 Å². The maximum absolute atomic E-state index is 13.5. The van der Waals surface area contributed by atoms with Gasteiger partial charge in [-0.2, -0.15) is 12.7 Å². The lowest BCUT2D eigenvalue weighted by molar-refractivity contribution is 0.102. The third-order valence-corrected chi connectivity index (χ3v) is 4.08. The Balaban J connectivity index is 3.13. The van der Waals surface area contributed by atoms with Crippen molar-refractivity contribution in [1.29, 1.82) is 0 Å². The maximum Gasteiger partial charge on any atom is 0.301 e. The van der Waals surface area contributed by atoms with Gasteiger partial charge in [0.2, 0.25) is 0 Å². The Morgan fingerprint density at radius 1 is 1.44 bits per heavy atom. The fraction of sp³-hybridized carbons (Fsp3) is 0.300. The van der Waals surface area contributed by atoms with Gasteiger partial charge in [0, 0.05) is 19.7 Å². The lowest BCUT2D eigenvalue weighted by Crippen LogP contribution is -2.29. The number of anilines is 1. The van der Waals surface area contributed by atoms with Crippen molar-refractivity contribution in [2.75, 3.05) is 24.1 Å². The molecule has 1 rings (SSSR count). The number of hydrogen-bond donors (Lipinski definition) is 1. The quantitative estimate of drug-likeness (QED) is 0.655. The summed E-state index contributed by atoms with van der Waals surface area (Å²) in [5.41, 5.74) is -0.0276. The molecule has 0 spiro atoms. The minimum atomic E-state index is -3.80. The number of carbonyl (C=O) groups excluding carboxylic acids is 1. The molecule has 100 valence electrons. The van der Waals surface area contributed by atoms with E-state index in [1.807, 2.05) is 0 Å². The van der Waals surface area contributed by atoms with Crippen molar-refractivity contribution in [3.05, 3.63) is 29.6 Å². The third kappa shape index (κ3) is 3.50. The first-order valence-corrected chi connectivity index (χ1v) is 7.43. The van der Waals surface area contributed by atoms with Gasteiger partial charge in [0.1, 0.15) is 5.82 Å². The van der Waals surface area contributed by atoms with E-state index in [4.69, 9.17) is 0 Å². The van der Waals surface area contributed by atoms with Crippen LogP contribution in [-0.4, -0.2) is 37.9 Å². The molecule has 0 aliphatic carbocycles. The van der Waals surface area contributed by atoms with Crippen molar-refractivity contribution in [3.8, 4) is 0 Å². The van der Waals surface area contributed by atoms with E-state index >= 15 is 0 Å². The number of ketones is 1. The highest BCUT2D eigenvalue weighted by Gasteiger charge is 2.17. The lowest BCUT2D eigenvalue weighted by atomic mass is 10.1. The van der Waals surface area contributed by atoms with Gasteiger partial charge in [0.15, 0.2) is 5.78 Å². The van der Waals surface area contributed by atoms with Crippen molar-refractivity contribution in [2.24, 2.45) is 0 Å². The molecular weight excluding hydrogens is 327 g/mol. The predicted octanol–water partition coefficient (Wildman–Crippen LogP) is 1.62. The van der Waals surface area contributed by atoms with Crippen molar-refractivity contribution in [3.63, 3.8) is 0 Å². The summed E-state index contributed by atoms with van der Waals surface area (Å²) in [5, 5.41) is 0.0818. The molecule has 18 heavy (non-hydrogen) atoms. The highest BCUT2D eigenvalue weighted by Crippen LogP contribution is 2.18. The Kier molecular flexibility index (Phi) is 4.83. The van der Waals surface area contributed by atoms with Crippen LogP contribution in [0, 0.1) is 5.82 Å². The van der Waals surface area contributed by atoms with Gasteiger partial charge in [0.05, 0.1) is 11.0 Å². The Morgan fingerprint density at radius 2 is 2.06 bits per heavy atom. The average molecular weight is 339 g/mol. The monoisotopic (exact) mass is 338 g/mol. The number of alkyl halides is 1. The van der Waals surface area contributed by atoms with Crippen molar-refractivity contribution in [1.82, 2.24) is 4.31 Å². The summed E-state index contributed by atoms with van der Waals surface area (Å²) in [6, 6.07) is 3.51. The van der Waals surface area contributed by atoms with Gasteiger partial charge in [-0.05, 0) is 18.2 Å². The fourth-order valence-corrected chi connectivity index (χ4v) is 2.02. The van der Waals surface area contributed by atoms with E-state index in [1.54, 1.807) is 0 Å². The molecule has 1 aromatic carbocycles. The summed E-state index contributed by atoms with van der Waals surface area (Å²) in [4.78, 5) is 11.4. The van der Waals surface area contributed by atoms with Crippen LogP contribution in [0.4, 0.5) is 10.1 Å². The first kappa shape index (κ1) is 15.1. The first-order valence-electron chi connectivity index (χ1n) is 4.87. The summed E-state index contributed by atoms with van der Waals surface area (Å²) in [7, 11) is -1.18. The zero-order chi connectivity index (χ0) is 13.9. The Morgan fingerprint density at radius 3 is 2.56 bits per heavy atom. The van der Waals surface area contributed by atoms with E-state index in [2.05, 4.69) is 20.7 Å². The van der Waals surface area contributed by atoms with Gasteiger partial charge in [-0.25, -0.2) is 4.39 Å². The molecule has 0 atom stereocenters. The molecule has 0 saturated heterocycles. The van der Waals surface area contributed by atoms with E-state index in [0.717, 1.165) is 10.4 Å². The second kappa shape index (κ2) is 5.77. The summed E-state index contributed by atoms with van der Waals surface area (Å²) in [5.74, 6) is -1.01. The number of halogens is 2. The second-order valence-corrected chi connectivity index (χ2v) is 6.09. The lowest BCUT2D eigenvalue weighted by Gasteiger charge is -2.14. The van der Waals surface area contributed by atoms with E-state index < -0.39 is 16.0 Å². The van der Waals surface area contributed by atoms with Crippen LogP contribution >= 0.6 is 15.9 Å². The second-order valence-electron chi connectivity index (χ2n) is 3.64. The zero-order valence-electron chi connectivity index (χ0n) is 9.78. The SMILES string of the molecule is CN(C)S(=O)(=O)Nc1cc(C(=O)CBr)ccc1F. The van der Waals surface area contributed by atoms with Gasteiger partial charge in [-0.1, -0.05) is 15.9 Å². The summed E-state index contributed by atoms with van der Waals surface area (Å²) >= 11 is 2.99. The minimum Gasteiger partial charge on any atom is -0.293 e. The zero-order valence-corrected chi connectivity index (χ0v) is 12.2. The third-order valence-electron chi connectivity index (χ3n) is 2.13. The molecule has 0 aliphatic heterocycles. The van der Waals surface area contributed by atoms with Crippen LogP contribution in [0.1, 0.15) is 10.4 Å². The maximum atomic E-state index is 13.5. The van der Waals surface area contributed by atoms with Gasteiger partial charge < -0.3 is 0 Å². The van der Waals surface area contributed by atoms with E-state index in [1.165, 1.54) is 26.2 Å². The smallest absolute Gasteiger partial charge is 0.293 e. The normalized spacial score (nSPS) is 11.6. The number of carbonyl (C=O) groups is 1. The highest BCUT2D eigenvalue weighted by molar-refractivity contribution is 9.09. The van der Waals surface area contributed by atoms with E-state index in [0.29, 0.717) is 0 Å². The molecule has 0 aromatic heterocycles. The molecule has 0 unspecified atom stereocenters. The number of Topliss-reactive ketones (excluding diaryl/α,β-unsaturated/α-hetero) is 1. The molecule has 8 heteroatoms. The number of hydrogen-bond acceptors (Lipinski definition) is 3. The molecule has 0 saturated carbocycles. The van der Waals surface area contributed by atoms with Crippen molar-refractivity contribution in [2.45, 2.75) is 0 Å². The predicted molar refractivity (Wildman–Crippen MR) is 70.8 cm³/mol. The number of rotatable bonds is 5. The standard InChI is InChI=1S/C10H12BrFN2O3S/c1-14(2)18(16,17)13-9-5-7(10(15)6-11)3-4-8(9)12/h3-5,13H,6H2,1-2H3. The van der Waals surface area contributed by atoms with Crippen LogP contribution in [0.2, 0.25) is 0 Å². The highest BCUT2D eigenvalue weighted by atomic mass is 79.9. The number of nitrogens with one attached hydrogen (secondary N) is 1. The van der Waals surface area contributed by atoms with Gasteiger partial charge >= 0.3 is 10.2 Å². The molecule has 1 N–H and O–H groups in total. The molecule has 5 nitrogen and oxygen atoms in total. The Hall–Kier alpha value is -0.990. The largest absolute Gasteiger partial charge is 0.301 e. The summed E-state index contributed by atoms with van der Waals surface area (Å²) in [6.45, 7) is 0. The molecule has 0 aliphatic rings. The fourth-order valence-electron chi connectivity index (χ4n) is 1.08. The molecule has 0 bridgehead atoms. The van der Waals surface area contributed by atoms with Crippen molar-refractivity contribution >= 4 is 37.6 Å². The molecule has 0 fully saturated rings. The van der Waals surface area contributed by atoms with Gasteiger partial charge in [0.25, 0.3) is 0 Å². The Bertz CT molecular complexity index is 560. The minimum absolute atomic E-state index is 0.0818. The average Bonchev–Trinajstić information content (AvgIpc) is 2.30. The number of benzene rings is 1. The summed E-state index contributed by atoms with van der Waals surface area (Å²) < 4.78 is 39.5. The van der Waals surface area contributed by atoms with E-state index in [-0.39, 0.29) is 22.4 Å². The summed E-state index contributed by atoms with van der Waals surface area (Å²) in [6.07, 6.45) is 0. The first-order chi connectivity index (χ1) is 8.27. The van der Waals surface area contributed by atoms with Crippen LogP contribution in [0.5, 0.6) is 0 Å². The number of nitrogens with zero attached hydrogens (tertiary/aromatic N) is 1. The van der Waals surface area contributed by atoms with Crippen molar-refractivity contribution < 1.29 is 17.6 Å². The van der Waals surface area contributed by atoms with Crippen LogP contribution in [0.15, 0.2) is 18.2 Å². The van der Waals surface area contributed by atoms with Crippen LogP contribution in [0.3, 0.4) is 0 Å². The van der Waals surface area contributed by atoms with Crippen LogP contribution in [-0.2, 0) is 10.2 Å². The van der Waals surface area contributed by atoms with E-state index in [9.17, 15) is 17.6 Å². The van der Waals surface area contributed by atoms with Crippen LogP contribution in [0.25, 0.3) is 0 Å².